The van der Waals surface area contributed by atoms with Gasteiger partial charge in [0, 0.05) is 45.2 Å². The average Bonchev–Trinajstić information content (AvgIpc) is 3.13. The fourth-order valence-electron chi connectivity index (χ4n) is 3.87. The average molecular weight is 364 g/mol. The predicted octanol–water partition coefficient (Wildman–Crippen LogP) is 2.78. The highest BCUT2D eigenvalue weighted by Crippen LogP contribution is 2.27. The molecule has 1 aromatic rings. The number of aliphatic hydroxyl groups excluding tert-OH is 1. The first-order chi connectivity index (χ1) is 12.5. The Morgan fingerprint density at radius 1 is 1.42 bits per heavy atom. The van der Waals surface area contributed by atoms with Crippen molar-refractivity contribution in [3.63, 3.8) is 0 Å². The minimum absolute atomic E-state index is 0.243. The molecule has 1 aliphatic heterocycles. The Bertz CT molecular complexity index is 528. The lowest BCUT2D eigenvalue weighted by atomic mass is 9.93. The zero-order valence-corrected chi connectivity index (χ0v) is 16.9. The molecule has 26 heavy (non-hydrogen) atoms. The Morgan fingerprint density at radius 3 is 2.85 bits per heavy atom. The first kappa shape index (κ1) is 20.7. The molecule has 2 N–H and O–H groups in total. The molecule has 6 heteroatoms. The van der Waals surface area contributed by atoms with Gasteiger partial charge in [0.05, 0.1) is 12.4 Å². The standard InChI is InChI=1S/C20H37N5O/c1-5-22-20(23-13-18(7-11-26)12-16(2)3)24-9-6-17(4)19(14-24)25-10-8-21-15-25/h8,10,15-19,26H,5-7,9,11-14H2,1-4H3,(H,22,23). The third kappa shape index (κ3) is 6.01. The van der Waals surface area contributed by atoms with E-state index in [0.717, 1.165) is 51.4 Å². The molecule has 6 nitrogen and oxygen atoms in total. The number of hydrogen-bond acceptors (Lipinski definition) is 3. The van der Waals surface area contributed by atoms with Crippen LogP contribution in [0.1, 0.15) is 53.0 Å². The Balaban J connectivity index is 2.07. The highest BCUT2D eigenvalue weighted by atomic mass is 16.3. The van der Waals surface area contributed by atoms with Crippen LogP contribution >= 0.6 is 0 Å². The smallest absolute Gasteiger partial charge is 0.193 e. The minimum atomic E-state index is 0.243. The molecule has 1 saturated heterocycles. The van der Waals surface area contributed by atoms with Gasteiger partial charge in [0.25, 0.3) is 0 Å². The van der Waals surface area contributed by atoms with Gasteiger partial charge in [-0.15, -0.1) is 0 Å². The van der Waals surface area contributed by atoms with Crippen LogP contribution in [0, 0.1) is 17.8 Å². The van der Waals surface area contributed by atoms with Crippen molar-refractivity contribution in [2.24, 2.45) is 22.7 Å². The van der Waals surface area contributed by atoms with Crippen molar-refractivity contribution in [1.82, 2.24) is 19.8 Å². The van der Waals surface area contributed by atoms with E-state index in [1.807, 2.05) is 12.5 Å². The maximum Gasteiger partial charge on any atom is 0.193 e. The van der Waals surface area contributed by atoms with Gasteiger partial charge in [-0.3, -0.25) is 4.99 Å². The number of nitrogens with one attached hydrogen (secondary N) is 1. The second-order valence-corrected chi connectivity index (χ2v) is 7.99. The van der Waals surface area contributed by atoms with Crippen LogP contribution in [0.5, 0.6) is 0 Å². The van der Waals surface area contributed by atoms with Crippen molar-refractivity contribution in [3.8, 4) is 0 Å². The summed E-state index contributed by atoms with van der Waals surface area (Å²) >= 11 is 0. The quantitative estimate of drug-likeness (QED) is 0.551. The summed E-state index contributed by atoms with van der Waals surface area (Å²) in [4.78, 5) is 11.6. The lowest BCUT2D eigenvalue weighted by Gasteiger charge is -2.39. The molecule has 0 saturated carbocycles. The number of piperidine rings is 1. The van der Waals surface area contributed by atoms with Gasteiger partial charge in [0.2, 0.25) is 0 Å². The summed E-state index contributed by atoms with van der Waals surface area (Å²) < 4.78 is 2.23. The highest BCUT2D eigenvalue weighted by Gasteiger charge is 2.29. The maximum atomic E-state index is 9.35. The summed E-state index contributed by atoms with van der Waals surface area (Å²) in [5, 5.41) is 12.8. The predicted molar refractivity (Wildman–Crippen MR) is 107 cm³/mol. The zero-order chi connectivity index (χ0) is 18.9. The van der Waals surface area contributed by atoms with E-state index in [2.05, 4.69) is 53.7 Å². The van der Waals surface area contributed by atoms with Crippen molar-refractivity contribution < 1.29 is 5.11 Å². The molecule has 148 valence electrons. The molecule has 0 spiro atoms. The third-order valence-corrected chi connectivity index (χ3v) is 5.30. The number of guanidine groups is 1. The molecular weight excluding hydrogens is 326 g/mol. The van der Waals surface area contributed by atoms with Crippen molar-refractivity contribution in [1.29, 1.82) is 0 Å². The number of likely N-dealkylation sites (tertiary alicyclic amines) is 1. The summed E-state index contributed by atoms with van der Waals surface area (Å²) in [5.41, 5.74) is 0. The van der Waals surface area contributed by atoms with Crippen LogP contribution in [-0.4, -0.2) is 58.3 Å². The van der Waals surface area contributed by atoms with E-state index < -0.39 is 0 Å². The summed E-state index contributed by atoms with van der Waals surface area (Å²) in [6.45, 7) is 12.8. The zero-order valence-electron chi connectivity index (χ0n) is 16.9. The molecule has 2 heterocycles. The van der Waals surface area contributed by atoms with Crippen LogP contribution < -0.4 is 5.32 Å². The molecule has 3 atom stereocenters. The Labute approximate surface area is 158 Å². The number of aliphatic imine (C=N–C) groups is 1. The Hall–Kier alpha value is -1.56. The second kappa shape index (κ2) is 10.6. The fourth-order valence-corrected chi connectivity index (χ4v) is 3.87. The molecule has 0 aliphatic carbocycles. The van der Waals surface area contributed by atoms with Crippen LogP contribution in [0.2, 0.25) is 0 Å². The van der Waals surface area contributed by atoms with E-state index in [0.29, 0.717) is 23.8 Å². The van der Waals surface area contributed by atoms with Gasteiger partial charge in [0.15, 0.2) is 5.96 Å². The van der Waals surface area contributed by atoms with Crippen molar-refractivity contribution in [2.45, 2.75) is 53.0 Å². The molecule has 0 bridgehead atoms. The van der Waals surface area contributed by atoms with Crippen molar-refractivity contribution in [3.05, 3.63) is 18.7 Å². The summed E-state index contributed by atoms with van der Waals surface area (Å²) in [7, 11) is 0. The molecule has 0 amide bonds. The van der Waals surface area contributed by atoms with E-state index >= 15 is 0 Å². The van der Waals surface area contributed by atoms with Crippen LogP contribution in [-0.2, 0) is 0 Å². The van der Waals surface area contributed by atoms with Gasteiger partial charge in [-0.05, 0) is 43.9 Å². The van der Waals surface area contributed by atoms with Crippen LogP contribution in [0.3, 0.4) is 0 Å². The first-order valence-corrected chi connectivity index (χ1v) is 10.2. The number of aromatic nitrogens is 2. The van der Waals surface area contributed by atoms with Crippen molar-refractivity contribution >= 4 is 5.96 Å². The van der Waals surface area contributed by atoms with E-state index in [1.54, 1.807) is 0 Å². The monoisotopic (exact) mass is 363 g/mol. The van der Waals surface area contributed by atoms with Gasteiger partial charge in [-0.1, -0.05) is 20.8 Å². The number of hydrogen-bond donors (Lipinski definition) is 2. The molecule has 0 aromatic carbocycles. The third-order valence-electron chi connectivity index (χ3n) is 5.30. The van der Waals surface area contributed by atoms with E-state index in [1.165, 1.54) is 0 Å². The topological polar surface area (TPSA) is 65.7 Å². The minimum Gasteiger partial charge on any atom is -0.396 e. The van der Waals surface area contributed by atoms with Gasteiger partial charge in [-0.25, -0.2) is 4.98 Å². The molecule has 1 fully saturated rings. The van der Waals surface area contributed by atoms with Crippen LogP contribution in [0.4, 0.5) is 0 Å². The van der Waals surface area contributed by atoms with Gasteiger partial charge >= 0.3 is 0 Å². The number of nitrogens with zero attached hydrogens (tertiary/aromatic N) is 4. The highest BCUT2D eigenvalue weighted by molar-refractivity contribution is 5.80. The Kier molecular flexibility index (Phi) is 8.42. The molecule has 0 radical (unpaired) electrons. The van der Waals surface area contributed by atoms with E-state index in [-0.39, 0.29) is 6.61 Å². The van der Waals surface area contributed by atoms with E-state index in [4.69, 9.17) is 4.99 Å². The largest absolute Gasteiger partial charge is 0.396 e. The summed E-state index contributed by atoms with van der Waals surface area (Å²) in [5.74, 6) is 2.72. The summed E-state index contributed by atoms with van der Waals surface area (Å²) in [6.07, 6.45) is 8.94. The number of rotatable bonds is 8. The SMILES string of the molecule is CCNC(=NCC(CCO)CC(C)C)N1CCC(C)C(n2ccnc2)C1. The maximum absolute atomic E-state index is 9.35. The van der Waals surface area contributed by atoms with Crippen LogP contribution in [0.15, 0.2) is 23.7 Å². The van der Waals surface area contributed by atoms with E-state index in [9.17, 15) is 5.11 Å². The normalized spacial score (nSPS) is 22.7. The Morgan fingerprint density at radius 2 is 2.23 bits per heavy atom. The summed E-state index contributed by atoms with van der Waals surface area (Å²) in [6, 6.07) is 0.430. The van der Waals surface area contributed by atoms with Gasteiger partial charge in [-0.2, -0.15) is 0 Å². The fraction of sp³-hybridized carbons (Fsp3) is 0.800. The molecule has 1 aliphatic rings. The lowest BCUT2D eigenvalue weighted by molar-refractivity contribution is 0.188. The van der Waals surface area contributed by atoms with Gasteiger partial charge in [0.1, 0.15) is 0 Å². The molecule has 1 aromatic heterocycles. The molecule has 3 unspecified atom stereocenters. The first-order valence-electron chi connectivity index (χ1n) is 10.2. The molecular formula is C20H37N5O. The molecule has 2 rings (SSSR count). The van der Waals surface area contributed by atoms with Gasteiger partial charge < -0.3 is 19.9 Å². The van der Waals surface area contributed by atoms with Crippen LogP contribution in [0.25, 0.3) is 0 Å². The number of aliphatic hydroxyl groups is 1. The second-order valence-electron chi connectivity index (χ2n) is 7.99. The number of imidazole rings is 1. The van der Waals surface area contributed by atoms with Crippen molar-refractivity contribution in [2.75, 3.05) is 32.8 Å². The lowest BCUT2D eigenvalue weighted by Crippen LogP contribution is -2.49.